The number of nitrogens with two attached hydrogens (primary N) is 1. The van der Waals surface area contributed by atoms with Gasteiger partial charge in [-0.3, -0.25) is 0 Å². The normalized spacial score (nSPS) is 7.83. The molecular formula is C9H14N2O. The van der Waals surface area contributed by atoms with Crippen LogP contribution < -0.4 is 11.1 Å². The number of primary amides is 1. The van der Waals surface area contributed by atoms with Gasteiger partial charge in [0.05, 0.1) is 0 Å². The number of urea groups is 1. The molecule has 0 saturated heterocycles. The van der Waals surface area contributed by atoms with Crippen molar-refractivity contribution in [1.82, 2.24) is 5.32 Å². The van der Waals surface area contributed by atoms with E-state index in [-0.39, 0.29) is 0 Å². The van der Waals surface area contributed by atoms with Crippen LogP contribution in [0.15, 0.2) is 30.3 Å². The Morgan fingerprint density at radius 1 is 1.33 bits per heavy atom. The molecule has 0 bridgehead atoms. The Morgan fingerprint density at radius 2 is 1.75 bits per heavy atom. The van der Waals surface area contributed by atoms with Crippen molar-refractivity contribution in [2.45, 2.75) is 6.92 Å². The van der Waals surface area contributed by atoms with Gasteiger partial charge in [0.2, 0.25) is 0 Å². The van der Waals surface area contributed by atoms with Gasteiger partial charge in [-0.2, -0.15) is 0 Å². The van der Waals surface area contributed by atoms with Gasteiger partial charge in [-0.15, -0.1) is 0 Å². The van der Waals surface area contributed by atoms with Gasteiger partial charge >= 0.3 is 6.03 Å². The molecule has 2 amide bonds. The van der Waals surface area contributed by atoms with E-state index in [1.807, 2.05) is 18.2 Å². The zero-order valence-corrected chi connectivity index (χ0v) is 7.37. The minimum atomic E-state index is -0.495. The number of carbonyl (C=O) groups excluding carboxylic acids is 1. The molecule has 0 spiro atoms. The number of carbonyl (C=O) groups is 1. The first-order valence-electron chi connectivity index (χ1n) is 3.65. The maximum atomic E-state index is 9.48. The van der Waals surface area contributed by atoms with Gasteiger partial charge in [-0.25, -0.2) is 4.79 Å². The van der Waals surface area contributed by atoms with Crippen LogP contribution in [-0.2, 0) is 0 Å². The first kappa shape index (κ1) is 10.5. The highest BCUT2D eigenvalue weighted by Gasteiger charge is 1.73. The highest BCUT2D eigenvalue weighted by molar-refractivity contribution is 5.71. The van der Waals surface area contributed by atoms with Gasteiger partial charge in [0, 0.05) is 7.05 Å². The second kappa shape index (κ2) is 6.22. The van der Waals surface area contributed by atoms with Gasteiger partial charge in [0.25, 0.3) is 0 Å². The van der Waals surface area contributed by atoms with Crippen molar-refractivity contribution < 1.29 is 4.79 Å². The fourth-order valence-electron chi connectivity index (χ4n) is 0.534. The van der Waals surface area contributed by atoms with Crippen LogP contribution in [0, 0.1) is 6.92 Å². The zero-order valence-electron chi connectivity index (χ0n) is 7.37. The van der Waals surface area contributed by atoms with Crippen molar-refractivity contribution in [2.24, 2.45) is 5.73 Å². The number of benzene rings is 1. The van der Waals surface area contributed by atoms with Crippen LogP contribution >= 0.6 is 0 Å². The second-order valence-corrected chi connectivity index (χ2v) is 2.27. The molecule has 0 aromatic heterocycles. The fourth-order valence-corrected chi connectivity index (χ4v) is 0.534. The van der Waals surface area contributed by atoms with Crippen molar-refractivity contribution in [3.63, 3.8) is 0 Å². The largest absolute Gasteiger partial charge is 0.352 e. The molecule has 0 heterocycles. The summed E-state index contributed by atoms with van der Waals surface area (Å²) in [5.41, 5.74) is 5.86. The molecule has 1 aromatic carbocycles. The standard InChI is InChI=1S/C7H8.C2H6N2O/c1-7-5-3-2-4-6-7;1-4-2(3)5/h2-6H,1H3;1H3,(H3,3,4,5). The third-order valence-electron chi connectivity index (χ3n) is 1.19. The molecule has 66 valence electrons. The van der Waals surface area contributed by atoms with Crippen LogP contribution in [0.5, 0.6) is 0 Å². The third-order valence-corrected chi connectivity index (χ3v) is 1.19. The average Bonchev–Trinajstić information content (AvgIpc) is 2.07. The lowest BCUT2D eigenvalue weighted by atomic mass is 10.2. The number of hydrogen-bond donors (Lipinski definition) is 2. The number of nitrogens with one attached hydrogen (secondary N) is 1. The van der Waals surface area contributed by atoms with Crippen molar-refractivity contribution in [3.8, 4) is 0 Å². The van der Waals surface area contributed by atoms with E-state index in [2.05, 4.69) is 30.1 Å². The van der Waals surface area contributed by atoms with E-state index < -0.39 is 6.03 Å². The highest BCUT2D eigenvalue weighted by Crippen LogP contribution is 1.92. The Balaban J connectivity index is 0.000000217. The molecule has 1 aromatic rings. The summed E-state index contributed by atoms with van der Waals surface area (Å²) in [6.45, 7) is 2.08. The van der Waals surface area contributed by atoms with E-state index in [0.29, 0.717) is 0 Å². The smallest absolute Gasteiger partial charge is 0.311 e. The van der Waals surface area contributed by atoms with Gasteiger partial charge in [0.1, 0.15) is 0 Å². The van der Waals surface area contributed by atoms with Gasteiger partial charge in [-0.1, -0.05) is 35.9 Å². The summed E-state index contributed by atoms with van der Waals surface area (Å²) in [5, 5.41) is 2.17. The Morgan fingerprint density at radius 3 is 1.92 bits per heavy atom. The van der Waals surface area contributed by atoms with Crippen LogP contribution in [-0.4, -0.2) is 13.1 Å². The third kappa shape index (κ3) is 6.61. The van der Waals surface area contributed by atoms with E-state index >= 15 is 0 Å². The monoisotopic (exact) mass is 166 g/mol. The molecule has 0 atom stereocenters. The van der Waals surface area contributed by atoms with Gasteiger partial charge in [0.15, 0.2) is 0 Å². The van der Waals surface area contributed by atoms with E-state index in [4.69, 9.17) is 0 Å². The van der Waals surface area contributed by atoms with E-state index in [0.717, 1.165) is 0 Å². The summed E-state index contributed by atoms with van der Waals surface area (Å²) in [7, 11) is 1.47. The van der Waals surface area contributed by atoms with Crippen LogP contribution in [0.1, 0.15) is 5.56 Å². The number of aryl methyl sites for hydroxylation is 1. The van der Waals surface area contributed by atoms with Gasteiger partial charge in [-0.05, 0) is 6.92 Å². The predicted molar refractivity (Wildman–Crippen MR) is 49.8 cm³/mol. The number of amides is 2. The van der Waals surface area contributed by atoms with Crippen LogP contribution in [0.3, 0.4) is 0 Å². The molecule has 0 aliphatic carbocycles. The van der Waals surface area contributed by atoms with E-state index in [1.165, 1.54) is 12.6 Å². The molecule has 3 heteroatoms. The zero-order chi connectivity index (χ0) is 9.40. The lowest BCUT2D eigenvalue weighted by Crippen LogP contribution is -2.24. The van der Waals surface area contributed by atoms with Gasteiger partial charge < -0.3 is 11.1 Å². The second-order valence-electron chi connectivity index (χ2n) is 2.27. The quantitative estimate of drug-likeness (QED) is 0.599. The molecule has 0 radical (unpaired) electrons. The molecular weight excluding hydrogens is 152 g/mol. The van der Waals surface area contributed by atoms with Crippen LogP contribution in [0.25, 0.3) is 0 Å². The Hall–Kier alpha value is -1.51. The van der Waals surface area contributed by atoms with Crippen molar-refractivity contribution in [3.05, 3.63) is 35.9 Å². The minimum Gasteiger partial charge on any atom is -0.352 e. The maximum Gasteiger partial charge on any atom is 0.311 e. The Kier molecular flexibility index (Phi) is 5.43. The SMILES string of the molecule is CNC(N)=O.Cc1ccccc1. The van der Waals surface area contributed by atoms with Crippen molar-refractivity contribution in [2.75, 3.05) is 7.05 Å². The molecule has 1 rings (SSSR count). The summed E-state index contributed by atoms with van der Waals surface area (Å²) < 4.78 is 0. The van der Waals surface area contributed by atoms with Crippen molar-refractivity contribution >= 4 is 6.03 Å². The summed E-state index contributed by atoms with van der Waals surface area (Å²) in [6, 6.07) is 9.77. The number of rotatable bonds is 0. The van der Waals surface area contributed by atoms with Crippen LogP contribution in [0.4, 0.5) is 4.79 Å². The molecule has 12 heavy (non-hydrogen) atoms. The molecule has 0 unspecified atom stereocenters. The highest BCUT2D eigenvalue weighted by atomic mass is 16.2. The summed E-state index contributed by atoms with van der Waals surface area (Å²) in [6.07, 6.45) is 0. The summed E-state index contributed by atoms with van der Waals surface area (Å²) in [4.78, 5) is 9.48. The Labute approximate surface area is 72.6 Å². The van der Waals surface area contributed by atoms with E-state index in [9.17, 15) is 4.79 Å². The topological polar surface area (TPSA) is 55.1 Å². The molecule has 0 aliphatic rings. The minimum absolute atomic E-state index is 0.495. The maximum absolute atomic E-state index is 9.48. The lowest BCUT2D eigenvalue weighted by Gasteiger charge is -1.82. The number of hydrogen-bond acceptors (Lipinski definition) is 1. The molecule has 0 saturated carbocycles. The molecule has 0 fully saturated rings. The van der Waals surface area contributed by atoms with Crippen LogP contribution in [0.2, 0.25) is 0 Å². The van der Waals surface area contributed by atoms with E-state index in [1.54, 1.807) is 0 Å². The van der Waals surface area contributed by atoms with Crippen molar-refractivity contribution in [1.29, 1.82) is 0 Å². The molecule has 3 N–H and O–H groups in total. The molecule has 3 nitrogen and oxygen atoms in total. The predicted octanol–water partition coefficient (Wildman–Crippen LogP) is 1.28. The summed E-state index contributed by atoms with van der Waals surface area (Å²) >= 11 is 0. The first-order valence-corrected chi connectivity index (χ1v) is 3.65. The Bertz CT molecular complexity index is 221. The first-order chi connectivity index (χ1) is 5.66. The summed E-state index contributed by atoms with van der Waals surface area (Å²) in [5.74, 6) is 0. The molecule has 0 aliphatic heterocycles. The average molecular weight is 166 g/mol. The fraction of sp³-hybridized carbons (Fsp3) is 0.222. The lowest BCUT2D eigenvalue weighted by molar-refractivity contribution is 0.251.